The number of rotatable bonds is 4. The fraction of sp³-hybridized carbons (Fsp3) is 0.385. The zero-order chi connectivity index (χ0) is 12.1. The summed E-state index contributed by atoms with van der Waals surface area (Å²) in [6.45, 7) is 4.17. The summed E-state index contributed by atoms with van der Waals surface area (Å²) in [4.78, 5) is 0. The minimum atomic E-state index is -0.499. The smallest absolute Gasteiger partial charge is 0.136 e. The molecule has 16 heavy (non-hydrogen) atoms. The van der Waals surface area contributed by atoms with Gasteiger partial charge >= 0.3 is 0 Å². The van der Waals surface area contributed by atoms with Gasteiger partial charge in [-0.2, -0.15) is 0 Å². The van der Waals surface area contributed by atoms with Crippen LogP contribution in [0.4, 0.5) is 8.78 Å². The topological polar surface area (TPSA) is 12.0 Å². The van der Waals surface area contributed by atoms with Crippen molar-refractivity contribution in [1.29, 1.82) is 0 Å². The number of hydrogen-bond donors (Lipinski definition) is 1. The number of hydrogen-bond acceptors (Lipinski definition) is 1. The molecule has 1 N–H and O–H groups in total. The highest BCUT2D eigenvalue weighted by atomic mass is 19.1. The maximum Gasteiger partial charge on any atom is 0.136 e. The first-order valence-electron chi connectivity index (χ1n) is 5.34. The van der Waals surface area contributed by atoms with Crippen LogP contribution in [-0.4, -0.2) is 13.6 Å². The van der Waals surface area contributed by atoms with E-state index in [-0.39, 0.29) is 5.56 Å². The van der Waals surface area contributed by atoms with Crippen LogP contribution in [0.15, 0.2) is 18.2 Å². The van der Waals surface area contributed by atoms with Crippen molar-refractivity contribution >= 4 is 5.57 Å². The predicted octanol–water partition coefficient (Wildman–Crippen LogP) is 3.29. The summed E-state index contributed by atoms with van der Waals surface area (Å²) in [5.41, 5.74) is 1.21. The highest BCUT2D eigenvalue weighted by Crippen LogP contribution is 2.23. The SMILES string of the molecule is CNCC/C=C(/C)c1c(F)ccc(C)c1F. The number of nitrogens with one attached hydrogen (secondary N) is 1. The van der Waals surface area contributed by atoms with Gasteiger partial charge in [0.05, 0.1) is 0 Å². The fourth-order valence-corrected chi connectivity index (χ4v) is 1.55. The average Bonchev–Trinajstić information content (AvgIpc) is 2.24. The van der Waals surface area contributed by atoms with E-state index in [2.05, 4.69) is 5.32 Å². The van der Waals surface area contributed by atoms with E-state index in [9.17, 15) is 8.78 Å². The molecule has 0 saturated carbocycles. The molecule has 0 heterocycles. The molecule has 0 aromatic heterocycles. The molecule has 3 heteroatoms. The van der Waals surface area contributed by atoms with Crippen molar-refractivity contribution < 1.29 is 8.78 Å². The van der Waals surface area contributed by atoms with Crippen molar-refractivity contribution in [3.8, 4) is 0 Å². The first-order valence-corrected chi connectivity index (χ1v) is 5.34. The molecule has 0 aliphatic rings. The van der Waals surface area contributed by atoms with Crippen molar-refractivity contribution in [3.05, 3.63) is 41.0 Å². The second-order valence-electron chi connectivity index (χ2n) is 3.83. The highest BCUT2D eigenvalue weighted by Gasteiger charge is 2.12. The molecule has 0 fully saturated rings. The molecular formula is C13H17F2N. The number of halogens is 2. The Balaban J connectivity index is 3.03. The summed E-state index contributed by atoms with van der Waals surface area (Å²) < 4.78 is 27.2. The normalized spacial score (nSPS) is 11.9. The third-order valence-electron chi connectivity index (χ3n) is 2.52. The van der Waals surface area contributed by atoms with Crippen LogP contribution in [-0.2, 0) is 0 Å². The molecule has 88 valence electrons. The van der Waals surface area contributed by atoms with E-state index < -0.39 is 11.6 Å². The maximum atomic E-state index is 13.7. The molecule has 0 bridgehead atoms. The van der Waals surface area contributed by atoms with Crippen molar-refractivity contribution in [2.75, 3.05) is 13.6 Å². The highest BCUT2D eigenvalue weighted by molar-refractivity contribution is 5.65. The summed E-state index contributed by atoms with van der Waals surface area (Å²) in [6.07, 6.45) is 2.60. The molecule has 0 atom stereocenters. The maximum absolute atomic E-state index is 13.7. The molecule has 0 spiro atoms. The van der Waals surface area contributed by atoms with Crippen molar-refractivity contribution in [2.24, 2.45) is 0 Å². The summed E-state index contributed by atoms with van der Waals surface area (Å²) in [5, 5.41) is 2.98. The van der Waals surface area contributed by atoms with E-state index in [4.69, 9.17) is 0 Å². The Morgan fingerprint density at radius 3 is 2.69 bits per heavy atom. The Kier molecular flexibility index (Phi) is 4.62. The van der Waals surface area contributed by atoms with Gasteiger partial charge in [0.25, 0.3) is 0 Å². The lowest BCUT2D eigenvalue weighted by Gasteiger charge is -2.07. The van der Waals surface area contributed by atoms with E-state index in [1.807, 2.05) is 13.1 Å². The molecule has 1 aromatic rings. The zero-order valence-electron chi connectivity index (χ0n) is 9.90. The van der Waals surface area contributed by atoms with Crippen LogP contribution in [0, 0.1) is 18.6 Å². The van der Waals surface area contributed by atoms with E-state index in [0.29, 0.717) is 11.1 Å². The van der Waals surface area contributed by atoms with Gasteiger partial charge in [-0.3, -0.25) is 0 Å². The van der Waals surface area contributed by atoms with Crippen LogP contribution in [0.2, 0.25) is 0 Å². The van der Waals surface area contributed by atoms with Gasteiger partial charge in [-0.1, -0.05) is 12.1 Å². The second kappa shape index (κ2) is 5.75. The van der Waals surface area contributed by atoms with Crippen LogP contribution < -0.4 is 5.32 Å². The lowest BCUT2D eigenvalue weighted by atomic mass is 10.0. The Labute approximate surface area is 95.2 Å². The minimum absolute atomic E-state index is 0.0936. The largest absolute Gasteiger partial charge is 0.319 e. The fourth-order valence-electron chi connectivity index (χ4n) is 1.55. The molecule has 0 aliphatic carbocycles. The zero-order valence-corrected chi connectivity index (χ0v) is 9.90. The Morgan fingerprint density at radius 2 is 2.06 bits per heavy atom. The number of benzene rings is 1. The van der Waals surface area contributed by atoms with Gasteiger partial charge in [-0.25, -0.2) is 8.78 Å². The molecule has 0 unspecified atom stereocenters. The Hall–Kier alpha value is -1.22. The van der Waals surface area contributed by atoms with Gasteiger partial charge in [-0.15, -0.1) is 0 Å². The predicted molar refractivity (Wildman–Crippen MR) is 63.3 cm³/mol. The Morgan fingerprint density at radius 1 is 1.38 bits per heavy atom. The monoisotopic (exact) mass is 225 g/mol. The van der Waals surface area contributed by atoms with Gasteiger partial charge in [0.2, 0.25) is 0 Å². The quantitative estimate of drug-likeness (QED) is 0.775. The van der Waals surface area contributed by atoms with E-state index >= 15 is 0 Å². The van der Waals surface area contributed by atoms with Crippen LogP contribution in [0.5, 0.6) is 0 Å². The number of allylic oxidation sites excluding steroid dienone is 1. The first-order chi connectivity index (χ1) is 7.57. The molecular weight excluding hydrogens is 208 g/mol. The average molecular weight is 225 g/mol. The van der Waals surface area contributed by atoms with Crippen molar-refractivity contribution in [2.45, 2.75) is 20.3 Å². The van der Waals surface area contributed by atoms with Crippen LogP contribution >= 0.6 is 0 Å². The second-order valence-corrected chi connectivity index (χ2v) is 3.83. The summed E-state index contributed by atoms with van der Waals surface area (Å²) >= 11 is 0. The van der Waals surface area contributed by atoms with E-state index in [1.165, 1.54) is 12.1 Å². The standard InChI is InChI=1S/C13H17F2N/c1-9(5-4-8-16-3)12-11(14)7-6-10(2)13(12)15/h5-7,16H,4,8H2,1-3H3/b9-5-. The van der Waals surface area contributed by atoms with Crippen LogP contribution in [0.1, 0.15) is 24.5 Å². The molecule has 1 aromatic carbocycles. The van der Waals surface area contributed by atoms with Gasteiger partial charge in [0.15, 0.2) is 0 Å². The lowest BCUT2D eigenvalue weighted by Crippen LogP contribution is -2.06. The third kappa shape index (κ3) is 2.89. The molecule has 0 aliphatic heterocycles. The molecule has 0 saturated heterocycles. The van der Waals surface area contributed by atoms with Crippen molar-refractivity contribution in [3.63, 3.8) is 0 Å². The minimum Gasteiger partial charge on any atom is -0.319 e. The summed E-state index contributed by atoms with van der Waals surface area (Å²) in [5.74, 6) is -0.959. The van der Waals surface area contributed by atoms with Crippen LogP contribution in [0.25, 0.3) is 5.57 Å². The third-order valence-corrected chi connectivity index (χ3v) is 2.52. The lowest BCUT2D eigenvalue weighted by molar-refractivity contribution is 0.571. The van der Waals surface area contributed by atoms with Gasteiger partial charge in [0.1, 0.15) is 11.6 Å². The van der Waals surface area contributed by atoms with Gasteiger partial charge < -0.3 is 5.32 Å². The molecule has 1 nitrogen and oxygen atoms in total. The van der Waals surface area contributed by atoms with E-state index in [1.54, 1.807) is 13.8 Å². The Bertz CT molecular complexity index is 397. The number of aryl methyl sites for hydroxylation is 1. The van der Waals surface area contributed by atoms with Gasteiger partial charge in [0, 0.05) is 5.56 Å². The molecule has 0 amide bonds. The first kappa shape index (κ1) is 12.8. The summed E-state index contributed by atoms with van der Waals surface area (Å²) in [7, 11) is 1.84. The van der Waals surface area contributed by atoms with Gasteiger partial charge in [-0.05, 0) is 51.1 Å². The van der Waals surface area contributed by atoms with E-state index in [0.717, 1.165) is 13.0 Å². The molecule has 0 radical (unpaired) electrons. The van der Waals surface area contributed by atoms with Crippen LogP contribution in [0.3, 0.4) is 0 Å². The van der Waals surface area contributed by atoms with Crippen molar-refractivity contribution in [1.82, 2.24) is 5.32 Å². The summed E-state index contributed by atoms with van der Waals surface area (Å²) in [6, 6.07) is 2.76. The molecule has 1 rings (SSSR count).